The Labute approximate surface area is 114 Å². The van der Waals surface area contributed by atoms with Gasteiger partial charge in [-0.2, -0.15) is 0 Å². The van der Waals surface area contributed by atoms with Gasteiger partial charge in [-0.15, -0.1) is 0 Å². The Morgan fingerprint density at radius 3 is 2.29 bits per heavy atom. The molecule has 2 aromatic rings. The number of nitrogens with zero attached hydrogens (tertiary/aromatic N) is 1. The average Bonchev–Trinajstić information content (AvgIpc) is 2.19. The van der Waals surface area contributed by atoms with Gasteiger partial charge in [0.2, 0.25) is 0 Å². The molecule has 0 fully saturated rings. The second-order valence-electron chi connectivity index (χ2n) is 2.79. The molecule has 0 spiro atoms. The predicted octanol–water partition coefficient (Wildman–Crippen LogP) is 0.440. The zero-order valence-electron chi connectivity index (χ0n) is 7.62. The first-order valence-corrected chi connectivity index (χ1v) is 16.6. The Bertz CT molecular complexity index is 403. The van der Waals surface area contributed by atoms with Crippen LogP contribution in [0.5, 0.6) is 0 Å². The fourth-order valence-corrected chi connectivity index (χ4v) is 1.24. The number of hydrogen-bond donors (Lipinski definition) is 0. The molecule has 0 atom stereocenters. The summed E-state index contributed by atoms with van der Waals surface area (Å²) in [5.74, 6) is 0. The van der Waals surface area contributed by atoms with Crippen molar-refractivity contribution in [2.24, 2.45) is 7.05 Å². The Hall–Kier alpha value is 0.820. The number of aryl methyl sites for hydroxylation is 1. The van der Waals surface area contributed by atoms with Crippen molar-refractivity contribution >= 4 is 48.0 Å². The van der Waals surface area contributed by atoms with Crippen molar-refractivity contribution in [3.8, 4) is 0 Å². The van der Waals surface area contributed by atoms with Crippen LogP contribution >= 0.6 is 37.2 Å². The second kappa shape index (κ2) is 7.15. The number of hydrogen-bond acceptors (Lipinski definition) is 0. The third-order valence-electron chi connectivity index (χ3n) is 1.83. The van der Waals surface area contributed by atoms with E-state index in [0.717, 1.165) is 0 Å². The van der Waals surface area contributed by atoms with Crippen LogP contribution in [-0.2, 0) is 7.05 Å². The molecule has 0 unspecified atom stereocenters. The second-order valence-corrected chi connectivity index (χ2v) is 19.0. The van der Waals surface area contributed by atoms with Crippen molar-refractivity contribution in [1.29, 1.82) is 0 Å². The van der Waals surface area contributed by atoms with Crippen molar-refractivity contribution in [2.75, 3.05) is 0 Å². The number of halogens is 3. The maximum absolute atomic E-state index is 2.39. The van der Waals surface area contributed by atoms with E-state index in [9.17, 15) is 0 Å². The van der Waals surface area contributed by atoms with Gasteiger partial charge in [0.25, 0.3) is 0 Å². The van der Waals surface area contributed by atoms with Crippen LogP contribution in [0.3, 0.4) is 0 Å². The zero-order valence-corrected chi connectivity index (χ0v) is 14.1. The van der Waals surface area contributed by atoms with Crippen LogP contribution in [0.15, 0.2) is 42.7 Å². The van der Waals surface area contributed by atoms with Crippen LogP contribution in [-0.4, -0.2) is 0 Å². The number of pyridine rings is 1. The first-order valence-electron chi connectivity index (χ1n) is 3.99. The molecule has 0 aliphatic carbocycles. The Morgan fingerprint density at radius 1 is 1.07 bits per heavy atom. The van der Waals surface area contributed by atoms with Crippen LogP contribution in [0.4, 0.5) is 0 Å². The quantitative estimate of drug-likeness (QED) is 0.348. The summed E-state index contributed by atoms with van der Waals surface area (Å²) in [5.41, 5.74) is 0. The van der Waals surface area contributed by atoms with Gasteiger partial charge in [-0.3, -0.25) is 0 Å². The number of rotatable bonds is 0. The zero-order chi connectivity index (χ0) is 10.4. The molecule has 1 aromatic heterocycles. The Balaban J connectivity index is 0.000000293. The van der Waals surface area contributed by atoms with Crippen LogP contribution < -0.4 is 17.8 Å². The third-order valence-corrected chi connectivity index (χ3v) is 1.83. The van der Waals surface area contributed by atoms with Crippen LogP contribution in [0.25, 0.3) is 10.8 Å². The molecule has 1 heterocycles. The fourth-order valence-electron chi connectivity index (χ4n) is 1.24. The molecular weight excluding hydrogens is 515 g/mol. The summed E-state index contributed by atoms with van der Waals surface area (Å²) in [4.78, 5) is 0. The summed E-state index contributed by atoms with van der Waals surface area (Å²) < 4.78 is 2.06. The fraction of sp³-hybridized carbons (Fsp3) is 0.100. The van der Waals surface area contributed by atoms with Gasteiger partial charge >= 0.3 is 50.5 Å². The van der Waals surface area contributed by atoms with Crippen molar-refractivity contribution < 1.29 is 17.8 Å². The predicted molar refractivity (Wildman–Crippen MR) is 73.2 cm³/mol. The van der Waals surface area contributed by atoms with Crippen molar-refractivity contribution in [3.63, 3.8) is 0 Å². The number of aromatic nitrogens is 1. The van der Waals surface area contributed by atoms with Gasteiger partial charge < -0.3 is 0 Å². The molecule has 1 nitrogen and oxygen atoms in total. The molecular formula is C10H10I3N. The summed E-state index contributed by atoms with van der Waals surface area (Å²) in [6, 6.07) is 10.5. The molecule has 0 N–H and O–H groups in total. The van der Waals surface area contributed by atoms with E-state index < -0.39 is 0 Å². The summed E-state index contributed by atoms with van der Waals surface area (Å²) in [7, 11) is 2.03. The van der Waals surface area contributed by atoms with Gasteiger partial charge in [0.05, 0.1) is 0 Å². The minimum atomic E-state index is 0.530. The normalized spacial score (nSPS) is 9.64. The van der Waals surface area contributed by atoms with Crippen LogP contribution in [0.1, 0.15) is 0 Å². The summed E-state index contributed by atoms with van der Waals surface area (Å²) in [5, 5.41) is 2.59. The van der Waals surface area contributed by atoms with Gasteiger partial charge in [0.1, 0.15) is 7.05 Å². The Kier molecular flexibility index (Phi) is 6.58. The van der Waals surface area contributed by atoms with Crippen molar-refractivity contribution in [3.05, 3.63) is 42.7 Å². The minimum absolute atomic E-state index is 0.530. The van der Waals surface area contributed by atoms with Gasteiger partial charge in [-0.25, -0.2) is 4.57 Å². The summed E-state index contributed by atoms with van der Waals surface area (Å²) in [6.45, 7) is 0. The molecule has 0 saturated carbocycles. The Morgan fingerprint density at radius 2 is 1.64 bits per heavy atom. The van der Waals surface area contributed by atoms with E-state index in [1.165, 1.54) is 10.8 Å². The SMILES string of the molecule is C[n+]1ccc2ccccc2c1.I[I-]I. The molecule has 0 bridgehead atoms. The number of fused-ring (bicyclic) bond motifs is 1. The van der Waals surface area contributed by atoms with Gasteiger partial charge in [0, 0.05) is 11.5 Å². The monoisotopic (exact) mass is 525 g/mol. The molecule has 14 heavy (non-hydrogen) atoms. The van der Waals surface area contributed by atoms with Gasteiger partial charge in [-0.05, 0) is 11.5 Å². The van der Waals surface area contributed by atoms with E-state index >= 15 is 0 Å². The summed E-state index contributed by atoms with van der Waals surface area (Å²) in [6.07, 6.45) is 4.18. The topological polar surface area (TPSA) is 3.88 Å². The van der Waals surface area contributed by atoms with E-state index in [2.05, 4.69) is 84.5 Å². The molecule has 0 radical (unpaired) electrons. The molecule has 0 aliphatic rings. The van der Waals surface area contributed by atoms with Crippen molar-refractivity contribution in [2.45, 2.75) is 0 Å². The van der Waals surface area contributed by atoms with E-state index in [4.69, 9.17) is 0 Å². The van der Waals surface area contributed by atoms with E-state index in [1.54, 1.807) is 0 Å². The van der Waals surface area contributed by atoms with E-state index in [-0.39, 0.29) is 0 Å². The summed E-state index contributed by atoms with van der Waals surface area (Å²) >= 11 is 5.30. The van der Waals surface area contributed by atoms with Crippen LogP contribution in [0, 0.1) is 0 Å². The van der Waals surface area contributed by atoms with Gasteiger partial charge in [-0.1, -0.05) is 18.2 Å². The molecule has 1 aromatic carbocycles. The van der Waals surface area contributed by atoms with Crippen molar-refractivity contribution in [1.82, 2.24) is 0 Å². The standard InChI is InChI=1S/C10H10N.I3/c1-11-7-6-9-4-2-3-5-10(9)8-11;1-3-2/h2-8H,1H3;/q+1;-1. The maximum atomic E-state index is 2.39. The van der Waals surface area contributed by atoms with E-state index in [0.29, 0.717) is 13.3 Å². The van der Waals surface area contributed by atoms with Crippen LogP contribution in [0.2, 0.25) is 0 Å². The third kappa shape index (κ3) is 4.13. The number of benzene rings is 1. The first kappa shape index (κ1) is 12.9. The average molecular weight is 525 g/mol. The molecule has 76 valence electrons. The molecule has 0 saturated heterocycles. The van der Waals surface area contributed by atoms with Gasteiger partial charge in [0.15, 0.2) is 12.4 Å². The first-order chi connectivity index (χ1) is 6.77. The molecule has 0 amide bonds. The molecule has 2 rings (SSSR count). The molecule has 0 aliphatic heterocycles. The molecule has 4 heteroatoms. The van der Waals surface area contributed by atoms with E-state index in [1.807, 2.05) is 7.05 Å².